The zero-order chi connectivity index (χ0) is 18.1. The van der Waals surface area contributed by atoms with Crippen LogP contribution in [0.4, 0.5) is 5.69 Å². The van der Waals surface area contributed by atoms with Crippen LogP contribution in [-0.2, 0) is 18.3 Å². The number of methoxy groups -OCH3 is 1. The average molecular weight is 347 g/mol. The molecule has 26 heavy (non-hydrogen) atoms. The molecule has 1 amide bonds. The molecule has 0 aliphatic carbocycles. The minimum absolute atomic E-state index is 0.101. The number of aryl methyl sites for hydroxylation is 1. The summed E-state index contributed by atoms with van der Waals surface area (Å²) in [6.07, 6.45) is 4.00. The molecule has 2 heterocycles. The number of anilines is 1. The molecule has 0 saturated carbocycles. The number of aromatic nitrogens is 2. The molecule has 0 fully saturated rings. The summed E-state index contributed by atoms with van der Waals surface area (Å²) in [4.78, 5) is 12.9. The molecule has 0 radical (unpaired) electrons. The number of carbonyl (C=O) groups excluding carboxylic acids is 1. The van der Waals surface area contributed by atoms with Gasteiger partial charge in [0.1, 0.15) is 0 Å². The Morgan fingerprint density at radius 2 is 1.77 bits per heavy atom. The second kappa shape index (κ2) is 6.69. The Bertz CT molecular complexity index is 1090. The molecule has 4 aromatic rings. The van der Waals surface area contributed by atoms with Crippen LogP contribution in [0, 0.1) is 0 Å². The number of nitrogens with zero attached hydrogens (tertiary/aromatic N) is 2. The number of benzene rings is 2. The van der Waals surface area contributed by atoms with E-state index in [4.69, 9.17) is 4.74 Å². The number of nitrogens with one attached hydrogen (secondary N) is 1. The van der Waals surface area contributed by atoms with Gasteiger partial charge in [-0.05, 0) is 36.4 Å². The van der Waals surface area contributed by atoms with Gasteiger partial charge >= 0.3 is 0 Å². The van der Waals surface area contributed by atoms with Crippen LogP contribution in [0.25, 0.3) is 21.8 Å². The van der Waals surface area contributed by atoms with Crippen molar-refractivity contribution in [1.82, 2.24) is 9.13 Å². The number of amides is 1. The van der Waals surface area contributed by atoms with E-state index in [1.54, 1.807) is 7.11 Å². The summed E-state index contributed by atoms with van der Waals surface area (Å²) in [6.45, 7) is 1.39. The number of ether oxygens (including phenoxy) is 1. The van der Waals surface area contributed by atoms with Crippen molar-refractivity contribution in [2.45, 2.75) is 6.54 Å². The van der Waals surface area contributed by atoms with E-state index in [2.05, 4.69) is 9.88 Å². The van der Waals surface area contributed by atoms with Gasteiger partial charge in [-0.3, -0.25) is 4.79 Å². The SMILES string of the molecule is COCCn1ccc2c(C(=O)Nc3cccc4c3ccn4C)cccc21. The van der Waals surface area contributed by atoms with Gasteiger partial charge in [-0.1, -0.05) is 12.1 Å². The first kappa shape index (κ1) is 16.4. The fraction of sp³-hybridized carbons (Fsp3) is 0.190. The molecule has 4 rings (SSSR count). The van der Waals surface area contributed by atoms with Crippen molar-refractivity contribution < 1.29 is 9.53 Å². The van der Waals surface area contributed by atoms with Crippen molar-refractivity contribution in [1.29, 1.82) is 0 Å². The molecule has 2 aromatic carbocycles. The van der Waals surface area contributed by atoms with Crippen LogP contribution in [0.5, 0.6) is 0 Å². The Hall–Kier alpha value is -3.05. The lowest BCUT2D eigenvalue weighted by Gasteiger charge is -2.09. The van der Waals surface area contributed by atoms with E-state index in [0.29, 0.717) is 12.2 Å². The molecular weight excluding hydrogens is 326 g/mol. The summed E-state index contributed by atoms with van der Waals surface area (Å²) in [6, 6.07) is 15.8. The maximum atomic E-state index is 12.9. The summed E-state index contributed by atoms with van der Waals surface area (Å²) < 4.78 is 9.31. The predicted octanol–water partition coefficient (Wildman–Crippen LogP) is 4.03. The molecule has 5 heteroatoms. The zero-order valence-electron chi connectivity index (χ0n) is 14.9. The normalized spacial score (nSPS) is 11.3. The van der Waals surface area contributed by atoms with Crippen molar-refractivity contribution in [2.75, 3.05) is 19.0 Å². The fourth-order valence-corrected chi connectivity index (χ4v) is 3.41. The van der Waals surface area contributed by atoms with Gasteiger partial charge in [0.25, 0.3) is 5.91 Å². The quantitative estimate of drug-likeness (QED) is 0.592. The number of carbonyl (C=O) groups is 1. The Morgan fingerprint density at radius 3 is 2.62 bits per heavy atom. The summed E-state index contributed by atoms with van der Waals surface area (Å²) in [5, 5.41) is 5.05. The molecule has 2 aromatic heterocycles. The third kappa shape index (κ3) is 2.76. The summed E-state index contributed by atoms with van der Waals surface area (Å²) in [5.74, 6) is -0.101. The second-order valence-electron chi connectivity index (χ2n) is 6.36. The minimum atomic E-state index is -0.101. The molecule has 0 aliphatic rings. The number of hydrogen-bond donors (Lipinski definition) is 1. The maximum absolute atomic E-state index is 12.9. The van der Waals surface area contributed by atoms with Crippen LogP contribution < -0.4 is 5.32 Å². The van der Waals surface area contributed by atoms with Gasteiger partial charge in [-0.25, -0.2) is 0 Å². The molecule has 0 aliphatic heterocycles. The third-order valence-corrected chi connectivity index (χ3v) is 4.77. The van der Waals surface area contributed by atoms with Gasteiger partial charge in [-0.15, -0.1) is 0 Å². The Balaban J connectivity index is 1.69. The van der Waals surface area contributed by atoms with Gasteiger partial charge in [-0.2, -0.15) is 0 Å². The summed E-state index contributed by atoms with van der Waals surface area (Å²) in [5.41, 5.74) is 3.62. The van der Waals surface area contributed by atoms with Crippen molar-refractivity contribution in [2.24, 2.45) is 7.05 Å². The molecule has 0 saturated heterocycles. The van der Waals surface area contributed by atoms with E-state index in [1.807, 2.05) is 72.5 Å². The minimum Gasteiger partial charge on any atom is -0.383 e. The highest BCUT2D eigenvalue weighted by molar-refractivity contribution is 6.14. The lowest BCUT2D eigenvalue weighted by Crippen LogP contribution is -2.12. The van der Waals surface area contributed by atoms with Crippen molar-refractivity contribution >= 4 is 33.4 Å². The molecule has 0 atom stereocenters. The van der Waals surface area contributed by atoms with Crippen LogP contribution in [0.1, 0.15) is 10.4 Å². The number of fused-ring (bicyclic) bond motifs is 2. The smallest absolute Gasteiger partial charge is 0.256 e. The van der Waals surface area contributed by atoms with Gasteiger partial charge in [0, 0.05) is 60.5 Å². The highest BCUT2D eigenvalue weighted by Gasteiger charge is 2.14. The molecule has 0 spiro atoms. The molecule has 0 bridgehead atoms. The highest BCUT2D eigenvalue weighted by Crippen LogP contribution is 2.26. The van der Waals surface area contributed by atoms with Crippen molar-refractivity contribution in [3.05, 3.63) is 66.5 Å². The van der Waals surface area contributed by atoms with Crippen LogP contribution in [0.3, 0.4) is 0 Å². The zero-order valence-corrected chi connectivity index (χ0v) is 14.9. The van der Waals surface area contributed by atoms with Crippen LogP contribution in [-0.4, -0.2) is 28.8 Å². The molecule has 5 nitrogen and oxygen atoms in total. The van der Waals surface area contributed by atoms with Crippen LogP contribution in [0.15, 0.2) is 60.9 Å². The second-order valence-corrected chi connectivity index (χ2v) is 6.36. The average Bonchev–Trinajstić information content (AvgIpc) is 3.24. The monoisotopic (exact) mass is 347 g/mol. The third-order valence-electron chi connectivity index (χ3n) is 4.77. The number of rotatable bonds is 5. The van der Waals surface area contributed by atoms with Gasteiger partial charge < -0.3 is 19.2 Å². The Morgan fingerprint density at radius 1 is 1.00 bits per heavy atom. The molecule has 0 unspecified atom stereocenters. The largest absolute Gasteiger partial charge is 0.383 e. The van der Waals surface area contributed by atoms with Gasteiger partial charge in [0.15, 0.2) is 0 Å². The lowest BCUT2D eigenvalue weighted by atomic mass is 10.1. The summed E-state index contributed by atoms with van der Waals surface area (Å²) in [7, 11) is 3.69. The first-order valence-corrected chi connectivity index (χ1v) is 8.61. The van der Waals surface area contributed by atoms with E-state index in [-0.39, 0.29) is 5.91 Å². The van der Waals surface area contributed by atoms with E-state index in [9.17, 15) is 4.79 Å². The lowest BCUT2D eigenvalue weighted by molar-refractivity contribution is 0.102. The fourth-order valence-electron chi connectivity index (χ4n) is 3.41. The van der Waals surface area contributed by atoms with Gasteiger partial charge in [0.2, 0.25) is 0 Å². The molecule has 132 valence electrons. The highest BCUT2D eigenvalue weighted by atomic mass is 16.5. The first-order chi connectivity index (χ1) is 12.7. The van der Waals surface area contributed by atoms with E-state index >= 15 is 0 Å². The first-order valence-electron chi connectivity index (χ1n) is 8.61. The van der Waals surface area contributed by atoms with E-state index in [0.717, 1.165) is 34.0 Å². The molecular formula is C21H21N3O2. The van der Waals surface area contributed by atoms with Gasteiger partial charge in [0.05, 0.1) is 12.3 Å². The van der Waals surface area contributed by atoms with E-state index < -0.39 is 0 Å². The topological polar surface area (TPSA) is 48.2 Å². The maximum Gasteiger partial charge on any atom is 0.256 e. The Kier molecular flexibility index (Phi) is 4.22. The molecule has 1 N–H and O–H groups in total. The van der Waals surface area contributed by atoms with E-state index in [1.165, 1.54) is 0 Å². The van der Waals surface area contributed by atoms with Crippen LogP contribution >= 0.6 is 0 Å². The summed E-state index contributed by atoms with van der Waals surface area (Å²) >= 11 is 0. The standard InChI is InChI=1S/C21H21N3O2/c1-23-11-9-17-18(6-4-7-19(17)23)22-21(25)16-5-3-8-20-15(16)10-12-24(20)13-14-26-2/h3-12H,13-14H2,1-2H3,(H,22,25). The van der Waals surface area contributed by atoms with Crippen molar-refractivity contribution in [3.8, 4) is 0 Å². The Labute approximate surface area is 151 Å². The number of hydrogen-bond acceptors (Lipinski definition) is 2. The van der Waals surface area contributed by atoms with Crippen LogP contribution in [0.2, 0.25) is 0 Å². The predicted molar refractivity (Wildman–Crippen MR) is 105 cm³/mol. The van der Waals surface area contributed by atoms with Crippen molar-refractivity contribution in [3.63, 3.8) is 0 Å².